The van der Waals surface area contributed by atoms with Crippen LogP contribution in [0.15, 0.2) is 30.3 Å². The van der Waals surface area contributed by atoms with Gasteiger partial charge in [0.05, 0.1) is 6.04 Å². The minimum Gasteiger partial charge on any atom is -0.407 e. The van der Waals surface area contributed by atoms with Crippen LogP contribution in [0.1, 0.15) is 68.9 Å². The molecule has 1 fully saturated rings. The van der Waals surface area contributed by atoms with Gasteiger partial charge in [0.2, 0.25) is 0 Å². The fraction of sp³-hybridized carbons (Fsp3) is 0.571. The molecule has 1 aliphatic heterocycles. The maximum Gasteiger partial charge on any atom is 0.193 e. The van der Waals surface area contributed by atoms with Crippen molar-refractivity contribution in [1.82, 2.24) is 14.8 Å². The zero-order valence-electron chi connectivity index (χ0n) is 16.8. The molecule has 1 aromatic carbocycles. The Morgan fingerprint density at radius 3 is 2.48 bits per heavy atom. The van der Waals surface area contributed by atoms with Crippen LogP contribution in [0.25, 0.3) is 0 Å². The number of fused-ring (bicyclic) bond motifs is 1. The summed E-state index contributed by atoms with van der Waals surface area (Å²) in [5, 5.41) is 4.98. The van der Waals surface area contributed by atoms with E-state index in [2.05, 4.69) is 62.8 Å². The quantitative estimate of drug-likeness (QED) is 0.558. The average Bonchev–Trinajstić information content (AvgIpc) is 3.16. The van der Waals surface area contributed by atoms with Crippen LogP contribution in [0, 0.1) is 5.92 Å². The van der Waals surface area contributed by atoms with Crippen molar-refractivity contribution in [3.8, 4) is 0 Å². The zero-order valence-corrected chi connectivity index (χ0v) is 17.8. The Hall–Kier alpha value is -1.79. The van der Waals surface area contributed by atoms with E-state index in [4.69, 9.17) is 14.5 Å². The molecule has 1 aliphatic carbocycles. The number of rotatable bonds is 5. The van der Waals surface area contributed by atoms with E-state index in [1.165, 1.54) is 5.56 Å². The predicted molar refractivity (Wildman–Crippen MR) is 107 cm³/mol. The van der Waals surface area contributed by atoms with Gasteiger partial charge in [0.15, 0.2) is 20.0 Å². The monoisotopic (exact) mass is 383 g/mol. The minimum atomic E-state index is -1.93. The van der Waals surface area contributed by atoms with Crippen molar-refractivity contribution in [3.05, 3.63) is 47.5 Å². The topological polar surface area (TPSA) is 57.0 Å². The average molecular weight is 384 g/mol. The molecule has 0 bridgehead atoms. The molecule has 0 N–H and O–H groups in total. The Balaban J connectivity index is 1.68. The van der Waals surface area contributed by atoms with Gasteiger partial charge in [0.25, 0.3) is 0 Å². The SMILES string of the molecule is CC(C)(C)[Si](C)(C)O[C@H]1C[C@@H](c2ccccc2)n2nc(C3CC3C=O)nc21. The Labute approximate surface area is 162 Å². The Morgan fingerprint density at radius 1 is 1.19 bits per heavy atom. The van der Waals surface area contributed by atoms with Gasteiger partial charge in [-0.3, -0.25) is 0 Å². The lowest BCUT2D eigenvalue weighted by Crippen LogP contribution is -2.41. The minimum absolute atomic E-state index is 0.0363. The lowest BCUT2D eigenvalue weighted by molar-refractivity contribution is -0.108. The first-order valence-electron chi connectivity index (χ1n) is 9.85. The molecule has 27 heavy (non-hydrogen) atoms. The third kappa shape index (κ3) is 3.29. The van der Waals surface area contributed by atoms with Gasteiger partial charge in [0.1, 0.15) is 12.4 Å². The highest BCUT2D eigenvalue weighted by atomic mass is 28.4. The van der Waals surface area contributed by atoms with Gasteiger partial charge >= 0.3 is 0 Å². The van der Waals surface area contributed by atoms with Crippen molar-refractivity contribution in [2.45, 2.75) is 69.8 Å². The third-order valence-corrected chi connectivity index (χ3v) is 11.0. The van der Waals surface area contributed by atoms with E-state index in [0.717, 1.165) is 30.8 Å². The number of hydrogen-bond donors (Lipinski definition) is 0. The van der Waals surface area contributed by atoms with Crippen molar-refractivity contribution < 1.29 is 9.22 Å². The Kier molecular flexibility index (Phi) is 4.39. The van der Waals surface area contributed by atoms with Crippen LogP contribution in [0.2, 0.25) is 18.1 Å². The molecule has 144 valence electrons. The highest BCUT2D eigenvalue weighted by Gasteiger charge is 2.47. The largest absolute Gasteiger partial charge is 0.407 e. The molecule has 0 radical (unpaired) electrons. The highest BCUT2D eigenvalue weighted by Crippen LogP contribution is 2.49. The molecule has 0 saturated heterocycles. The lowest BCUT2D eigenvalue weighted by atomic mass is 10.0. The van der Waals surface area contributed by atoms with Gasteiger partial charge < -0.3 is 9.22 Å². The summed E-state index contributed by atoms with van der Waals surface area (Å²) >= 11 is 0. The van der Waals surface area contributed by atoms with E-state index in [0.29, 0.717) is 0 Å². The van der Waals surface area contributed by atoms with E-state index < -0.39 is 8.32 Å². The summed E-state index contributed by atoms with van der Waals surface area (Å²) in [5.41, 5.74) is 1.24. The summed E-state index contributed by atoms with van der Waals surface area (Å²) in [4.78, 5) is 16.0. The molecule has 4 atom stereocenters. The molecule has 2 aliphatic rings. The van der Waals surface area contributed by atoms with Crippen molar-refractivity contribution >= 4 is 14.6 Å². The molecular weight excluding hydrogens is 354 g/mol. The second kappa shape index (κ2) is 6.38. The molecule has 6 heteroatoms. The number of benzene rings is 1. The lowest BCUT2D eigenvalue weighted by Gasteiger charge is -2.38. The smallest absolute Gasteiger partial charge is 0.193 e. The molecule has 1 saturated carbocycles. The van der Waals surface area contributed by atoms with Gasteiger partial charge in [-0.1, -0.05) is 51.1 Å². The van der Waals surface area contributed by atoms with Crippen molar-refractivity contribution in [3.63, 3.8) is 0 Å². The van der Waals surface area contributed by atoms with Crippen LogP contribution in [-0.4, -0.2) is 29.4 Å². The summed E-state index contributed by atoms with van der Waals surface area (Å²) in [6, 6.07) is 10.6. The first-order valence-corrected chi connectivity index (χ1v) is 12.8. The summed E-state index contributed by atoms with van der Waals surface area (Å²) in [7, 11) is -1.93. The van der Waals surface area contributed by atoms with Crippen LogP contribution in [0.5, 0.6) is 0 Å². The summed E-state index contributed by atoms with van der Waals surface area (Å²) in [6.45, 7) is 11.4. The highest BCUT2D eigenvalue weighted by molar-refractivity contribution is 6.74. The number of aldehydes is 1. The van der Waals surface area contributed by atoms with Gasteiger partial charge in [-0.2, -0.15) is 5.10 Å². The number of carbonyl (C=O) groups excluding carboxylic acids is 1. The first-order chi connectivity index (χ1) is 12.7. The summed E-state index contributed by atoms with van der Waals surface area (Å²) in [6.07, 6.45) is 2.74. The van der Waals surface area contributed by atoms with Crippen LogP contribution in [-0.2, 0) is 9.22 Å². The van der Waals surface area contributed by atoms with Crippen LogP contribution in [0.3, 0.4) is 0 Å². The molecule has 1 aromatic heterocycles. The third-order valence-electron chi connectivity index (χ3n) is 6.47. The van der Waals surface area contributed by atoms with Crippen molar-refractivity contribution in [2.24, 2.45) is 5.92 Å². The molecule has 5 nitrogen and oxygen atoms in total. The fourth-order valence-corrected chi connectivity index (χ4v) is 4.88. The number of aromatic nitrogens is 3. The predicted octanol–water partition coefficient (Wildman–Crippen LogP) is 4.64. The van der Waals surface area contributed by atoms with Gasteiger partial charge in [-0.15, -0.1) is 0 Å². The zero-order chi connectivity index (χ0) is 19.4. The molecule has 2 aromatic rings. The van der Waals surface area contributed by atoms with E-state index in [9.17, 15) is 4.79 Å². The summed E-state index contributed by atoms with van der Waals surface area (Å²) in [5.74, 6) is 2.01. The van der Waals surface area contributed by atoms with E-state index in [-0.39, 0.29) is 29.0 Å². The van der Waals surface area contributed by atoms with E-state index in [1.807, 2.05) is 6.07 Å². The van der Waals surface area contributed by atoms with Crippen molar-refractivity contribution in [2.75, 3.05) is 0 Å². The second-order valence-corrected chi connectivity index (χ2v) is 14.2. The first kappa shape index (κ1) is 18.6. The maximum absolute atomic E-state index is 11.1. The second-order valence-electron chi connectivity index (χ2n) is 9.44. The normalized spacial score (nSPS) is 27.4. The Bertz CT molecular complexity index is 841. The van der Waals surface area contributed by atoms with E-state index in [1.54, 1.807) is 0 Å². The molecule has 2 heterocycles. The van der Waals surface area contributed by atoms with Gasteiger partial charge in [0, 0.05) is 18.3 Å². The fourth-order valence-electron chi connectivity index (χ4n) is 3.61. The van der Waals surface area contributed by atoms with Crippen molar-refractivity contribution in [1.29, 1.82) is 0 Å². The van der Waals surface area contributed by atoms with Gasteiger partial charge in [-0.25, -0.2) is 9.67 Å². The van der Waals surface area contributed by atoms with E-state index >= 15 is 0 Å². The van der Waals surface area contributed by atoms with Crippen LogP contribution < -0.4 is 0 Å². The number of nitrogens with zero attached hydrogens (tertiary/aromatic N) is 3. The molecule has 4 rings (SSSR count). The molecule has 0 amide bonds. The summed E-state index contributed by atoms with van der Waals surface area (Å²) < 4.78 is 8.81. The molecular formula is C21H29N3O2Si. The van der Waals surface area contributed by atoms with Gasteiger partial charge in [-0.05, 0) is 30.1 Å². The molecule has 2 unspecified atom stereocenters. The maximum atomic E-state index is 11.1. The van der Waals surface area contributed by atoms with Crippen LogP contribution in [0.4, 0.5) is 0 Å². The standard InChI is InChI=1S/C21H29N3O2Si/c1-21(2,3)27(4,5)26-18-12-17(14-9-7-6-8-10-14)24-20(18)22-19(23-24)16-11-15(16)13-25/h6-10,13,15-18H,11-12H2,1-5H3/t15?,16?,17-,18-/m0/s1. The number of hydrogen-bond acceptors (Lipinski definition) is 4. The molecule has 0 spiro atoms. The number of carbonyl (C=O) groups is 1. The van der Waals surface area contributed by atoms with Crippen LogP contribution >= 0.6 is 0 Å². The Morgan fingerprint density at radius 2 is 1.89 bits per heavy atom.